The Morgan fingerprint density at radius 3 is 2.65 bits per heavy atom. The zero-order chi connectivity index (χ0) is 12.1. The largest absolute Gasteiger partial charge is 0.393 e. The maximum Gasteiger partial charge on any atom is 0.0555 e. The summed E-state index contributed by atoms with van der Waals surface area (Å²) < 4.78 is 0. The summed E-state index contributed by atoms with van der Waals surface area (Å²) in [6, 6.07) is 10.5. The van der Waals surface area contributed by atoms with Crippen LogP contribution in [0.2, 0.25) is 0 Å². The van der Waals surface area contributed by atoms with E-state index in [1.807, 2.05) is 6.07 Å². The molecule has 1 aromatic rings. The van der Waals surface area contributed by atoms with Gasteiger partial charge in [0.25, 0.3) is 0 Å². The minimum absolute atomic E-state index is 0.0966. The monoisotopic (exact) mass is 233 g/mol. The Morgan fingerprint density at radius 1 is 1.29 bits per heavy atom. The summed E-state index contributed by atoms with van der Waals surface area (Å²) in [6.07, 6.45) is 4.48. The molecule has 0 aliphatic heterocycles. The van der Waals surface area contributed by atoms with Crippen LogP contribution in [-0.2, 0) is 6.54 Å². The van der Waals surface area contributed by atoms with E-state index in [9.17, 15) is 5.11 Å². The summed E-state index contributed by atoms with van der Waals surface area (Å²) in [4.78, 5) is 2.28. The van der Waals surface area contributed by atoms with E-state index >= 15 is 0 Å². The molecule has 0 heterocycles. The van der Waals surface area contributed by atoms with E-state index in [1.165, 1.54) is 18.4 Å². The van der Waals surface area contributed by atoms with Crippen LogP contribution in [0.3, 0.4) is 0 Å². The van der Waals surface area contributed by atoms with Crippen LogP contribution in [0.4, 0.5) is 0 Å². The lowest BCUT2D eigenvalue weighted by molar-refractivity contribution is 0.131. The number of hydrogen-bond acceptors (Lipinski definition) is 2. The molecule has 2 heteroatoms. The number of aliphatic hydroxyl groups is 1. The van der Waals surface area contributed by atoms with Crippen LogP contribution in [0, 0.1) is 5.92 Å². The van der Waals surface area contributed by atoms with Crippen molar-refractivity contribution in [3.8, 4) is 0 Å². The first-order valence-corrected chi connectivity index (χ1v) is 6.64. The van der Waals surface area contributed by atoms with Crippen molar-refractivity contribution < 1.29 is 5.11 Å². The molecule has 1 saturated carbocycles. The molecular weight excluding hydrogens is 210 g/mol. The number of nitrogens with zero attached hydrogens (tertiary/aromatic N) is 1. The number of hydrogen-bond donors (Lipinski definition) is 1. The Morgan fingerprint density at radius 2 is 2.00 bits per heavy atom. The third kappa shape index (κ3) is 4.88. The number of benzene rings is 1. The quantitative estimate of drug-likeness (QED) is 0.782. The summed E-state index contributed by atoms with van der Waals surface area (Å²) in [7, 11) is 2.12. The molecule has 0 spiro atoms. The first-order chi connectivity index (χ1) is 8.24. The number of rotatable bonds is 7. The molecule has 2 rings (SSSR count). The summed E-state index contributed by atoms with van der Waals surface area (Å²) in [6.45, 7) is 1.94. The zero-order valence-corrected chi connectivity index (χ0v) is 10.7. The van der Waals surface area contributed by atoms with Gasteiger partial charge in [-0.3, -0.25) is 0 Å². The molecule has 0 saturated heterocycles. The van der Waals surface area contributed by atoms with Gasteiger partial charge in [0, 0.05) is 13.1 Å². The van der Waals surface area contributed by atoms with Crippen LogP contribution in [0.5, 0.6) is 0 Å². The van der Waals surface area contributed by atoms with E-state index in [2.05, 4.69) is 36.2 Å². The third-order valence-electron chi connectivity index (χ3n) is 3.44. The molecule has 1 aromatic carbocycles. The van der Waals surface area contributed by atoms with Gasteiger partial charge in [-0.1, -0.05) is 43.2 Å². The first-order valence-electron chi connectivity index (χ1n) is 6.64. The second kappa shape index (κ2) is 6.18. The normalized spacial score (nSPS) is 17.4. The smallest absolute Gasteiger partial charge is 0.0555 e. The fraction of sp³-hybridized carbons (Fsp3) is 0.600. The van der Waals surface area contributed by atoms with Crippen molar-refractivity contribution in [3.05, 3.63) is 35.9 Å². The van der Waals surface area contributed by atoms with Gasteiger partial charge in [0.15, 0.2) is 0 Å². The van der Waals surface area contributed by atoms with Crippen molar-refractivity contribution in [3.63, 3.8) is 0 Å². The van der Waals surface area contributed by atoms with Crippen molar-refractivity contribution in [2.24, 2.45) is 5.92 Å². The third-order valence-corrected chi connectivity index (χ3v) is 3.44. The van der Waals surface area contributed by atoms with Gasteiger partial charge >= 0.3 is 0 Å². The van der Waals surface area contributed by atoms with Crippen LogP contribution >= 0.6 is 0 Å². The first kappa shape index (κ1) is 12.6. The van der Waals surface area contributed by atoms with Gasteiger partial charge in [-0.15, -0.1) is 0 Å². The highest BCUT2D eigenvalue weighted by Gasteiger charge is 2.24. The minimum Gasteiger partial charge on any atom is -0.393 e. The average Bonchev–Trinajstić information content (AvgIpc) is 3.12. The molecule has 1 N–H and O–H groups in total. The van der Waals surface area contributed by atoms with Crippen molar-refractivity contribution in [2.75, 3.05) is 13.6 Å². The van der Waals surface area contributed by atoms with Crippen molar-refractivity contribution in [1.82, 2.24) is 4.90 Å². The predicted octanol–water partition coefficient (Wildman–Crippen LogP) is 2.67. The van der Waals surface area contributed by atoms with E-state index in [4.69, 9.17) is 0 Å². The highest BCUT2D eigenvalue weighted by molar-refractivity contribution is 5.14. The molecule has 0 unspecified atom stereocenters. The Hall–Kier alpha value is -0.860. The van der Waals surface area contributed by atoms with Crippen LogP contribution in [-0.4, -0.2) is 29.7 Å². The van der Waals surface area contributed by atoms with Gasteiger partial charge in [-0.2, -0.15) is 0 Å². The summed E-state index contributed by atoms with van der Waals surface area (Å²) in [5.74, 6) is 0.824. The zero-order valence-electron chi connectivity index (χ0n) is 10.7. The van der Waals surface area contributed by atoms with Gasteiger partial charge in [-0.25, -0.2) is 0 Å². The second-order valence-electron chi connectivity index (χ2n) is 5.34. The van der Waals surface area contributed by atoms with Crippen LogP contribution < -0.4 is 0 Å². The average molecular weight is 233 g/mol. The summed E-state index contributed by atoms with van der Waals surface area (Å²) in [5.41, 5.74) is 1.34. The lowest BCUT2D eigenvalue weighted by atomic mass is 10.1. The van der Waals surface area contributed by atoms with E-state index in [-0.39, 0.29) is 6.10 Å². The van der Waals surface area contributed by atoms with E-state index in [1.54, 1.807) is 0 Å². The minimum atomic E-state index is -0.0966. The van der Waals surface area contributed by atoms with E-state index in [0.717, 1.165) is 31.8 Å². The molecule has 17 heavy (non-hydrogen) atoms. The van der Waals surface area contributed by atoms with Crippen LogP contribution in [0.1, 0.15) is 31.2 Å². The number of aliphatic hydroxyl groups excluding tert-OH is 1. The van der Waals surface area contributed by atoms with Crippen LogP contribution in [0.25, 0.3) is 0 Å². The van der Waals surface area contributed by atoms with Crippen LogP contribution in [0.15, 0.2) is 30.3 Å². The molecule has 0 amide bonds. The topological polar surface area (TPSA) is 23.5 Å². The molecular formula is C15H23NO. The maximum atomic E-state index is 9.85. The predicted molar refractivity (Wildman–Crippen MR) is 70.7 cm³/mol. The molecule has 1 aliphatic carbocycles. The molecule has 0 radical (unpaired) electrons. The lowest BCUT2D eigenvalue weighted by Crippen LogP contribution is -2.23. The fourth-order valence-electron chi connectivity index (χ4n) is 2.20. The standard InChI is InChI=1S/C15H23NO/c1-16(12-14-5-3-2-4-6-14)10-9-15(17)11-13-7-8-13/h2-6,13,15,17H,7-12H2,1H3/t15-/m0/s1. The van der Waals surface area contributed by atoms with Gasteiger partial charge in [-0.05, 0) is 31.4 Å². The Balaban J connectivity index is 1.64. The Kier molecular flexibility index (Phi) is 4.57. The molecule has 1 atom stereocenters. The molecule has 1 aliphatic rings. The highest BCUT2D eigenvalue weighted by atomic mass is 16.3. The van der Waals surface area contributed by atoms with Gasteiger partial charge < -0.3 is 10.0 Å². The highest BCUT2D eigenvalue weighted by Crippen LogP contribution is 2.34. The second-order valence-corrected chi connectivity index (χ2v) is 5.34. The van der Waals surface area contributed by atoms with Gasteiger partial charge in [0.05, 0.1) is 6.10 Å². The van der Waals surface area contributed by atoms with E-state index < -0.39 is 0 Å². The van der Waals surface area contributed by atoms with Crippen molar-refractivity contribution in [1.29, 1.82) is 0 Å². The summed E-state index contributed by atoms with van der Waals surface area (Å²) >= 11 is 0. The SMILES string of the molecule is CN(CC[C@H](O)CC1CC1)Cc1ccccc1. The van der Waals surface area contributed by atoms with Crippen molar-refractivity contribution in [2.45, 2.75) is 38.3 Å². The molecule has 1 fully saturated rings. The van der Waals surface area contributed by atoms with Crippen molar-refractivity contribution >= 4 is 0 Å². The Labute approximate surface area is 104 Å². The van der Waals surface area contributed by atoms with E-state index in [0.29, 0.717) is 0 Å². The Bertz CT molecular complexity index is 321. The molecule has 0 bridgehead atoms. The summed E-state index contributed by atoms with van der Waals surface area (Å²) in [5, 5.41) is 9.85. The maximum absolute atomic E-state index is 9.85. The fourth-order valence-corrected chi connectivity index (χ4v) is 2.20. The van der Waals surface area contributed by atoms with Gasteiger partial charge in [0.1, 0.15) is 0 Å². The molecule has 0 aromatic heterocycles. The molecule has 94 valence electrons. The lowest BCUT2D eigenvalue weighted by Gasteiger charge is -2.18. The molecule has 2 nitrogen and oxygen atoms in total. The van der Waals surface area contributed by atoms with Gasteiger partial charge in [0.2, 0.25) is 0 Å².